The number of carbonyl (C=O) groups is 1. The van der Waals surface area contributed by atoms with Gasteiger partial charge in [0.05, 0.1) is 5.69 Å². The van der Waals surface area contributed by atoms with Crippen molar-refractivity contribution in [1.82, 2.24) is 19.6 Å². The minimum atomic E-state index is -0.618. The van der Waals surface area contributed by atoms with Gasteiger partial charge >= 0.3 is 5.97 Å². The summed E-state index contributed by atoms with van der Waals surface area (Å²) >= 11 is 0. The molecule has 6 nitrogen and oxygen atoms in total. The van der Waals surface area contributed by atoms with Crippen molar-refractivity contribution in [1.29, 1.82) is 0 Å². The van der Waals surface area contributed by atoms with Crippen LogP contribution in [0.15, 0.2) is 66.7 Å². The molecule has 6 rings (SSSR count). The lowest BCUT2D eigenvalue weighted by molar-refractivity contribution is -0.145. The van der Waals surface area contributed by atoms with Gasteiger partial charge in [0.2, 0.25) is 0 Å². The fraction of sp³-hybridized carbons (Fsp3) is 0.543. The molecule has 0 radical (unpaired) electrons. The predicted octanol–water partition coefficient (Wildman–Crippen LogP) is 5.94. The van der Waals surface area contributed by atoms with Gasteiger partial charge in [-0.05, 0) is 67.8 Å². The van der Waals surface area contributed by atoms with Crippen molar-refractivity contribution in [2.24, 2.45) is 18.9 Å². The summed E-state index contributed by atoms with van der Waals surface area (Å²) in [5.41, 5.74) is 5.18. The summed E-state index contributed by atoms with van der Waals surface area (Å²) in [5, 5.41) is 15.2. The molecule has 2 aliphatic heterocycles. The number of rotatable bonds is 9. The highest BCUT2D eigenvalue weighted by molar-refractivity contribution is 5.74. The fourth-order valence-corrected chi connectivity index (χ4v) is 8.06. The van der Waals surface area contributed by atoms with E-state index in [1.54, 1.807) is 0 Å². The number of aromatic nitrogens is 2. The van der Waals surface area contributed by atoms with Gasteiger partial charge in [0.15, 0.2) is 0 Å². The van der Waals surface area contributed by atoms with Crippen LogP contribution in [0, 0.1) is 11.8 Å². The molecule has 3 heterocycles. The Balaban J connectivity index is 1.11. The molecule has 3 aliphatic rings. The van der Waals surface area contributed by atoms with Crippen molar-refractivity contribution in [2.45, 2.75) is 69.2 Å². The zero-order chi connectivity index (χ0) is 28.2. The molecule has 1 N–H and O–H groups in total. The van der Waals surface area contributed by atoms with Crippen LogP contribution in [0.3, 0.4) is 0 Å². The van der Waals surface area contributed by atoms with Gasteiger partial charge in [-0.3, -0.25) is 14.4 Å². The number of aryl methyl sites for hydroxylation is 1. The van der Waals surface area contributed by atoms with Crippen molar-refractivity contribution >= 4 is 5.97 Å². The van der Waals surface area contributed by atoms with Crippen LogP contribution in [0.5, 0.6) is 0 Å². The smallest absolute Gasteiger partial charge is 0.321 e. The molecule has 6 heteroatoms. The number of carboxylic acids is 1. The normalized spacial score (nSPS) is 24.0. The Morgan fingerprint density at radius 2 is 1.61 bits per heavy atom. The quantitative estimate of drug-likeness (QED) is 0.355. The summed E-state index contributed by atoms with van der Waals surface area (Å²) in [7, 11) is 2.10. The maximum Gasteiger partial charge on any atom is 0.321 e. The van der Waals surface area contributed by atoms with E-state index in [4.69, 9.17) is 5.10 Å². The summed E-state index contributed by atoms with van der Waals surface area (Å²) in [6, 6.07) is 23.4. The highest BCUT2D eigenvalue weighted by Gasteiger charge is 2.43. The molecule has 0 bridgehead atoms. The zero-order valence-corrected chi connectivity index (χ0v) is 24.6. The monoisotopic (exact) mass is 554 g/mol. The topological polar surface area (TPSA) is 61.6 Å². The van der Waals surface area contributed by atoms with Gasteiger partial charge < -0.3 is 10.0 Å². The minimum absolute atomic E-state index is 0.290. The molecule has 1 saturated carbocycles. The maximum absolute atomic E-state index is 12.6. The third-order valence-electron chi connectivity index (χ3n) is 10.1. The highest BCUT2D eigenvalue weighted by atomic mass is 16.4. The van der Waals surface area contributed by atoms with Crippen LogP contribution in [0.4, 0.5) is 0 Å². The number of benzene rings is 2. The first-order valence-electron chi connectivity index (χ1n) is 15.9. The zero-order valence-electron chi connectivity index (χ0n) is 24.6. The summed E-state index contributed by atoms with van der Waals surface area (Å²) in [6.07, 6.45) is 8.89. The Kier molecular flexibility index (Phi) is 8.87. The molecular formula is C35H46N4O2. The molecule has 1 aromatic heterocycles. The van der Waals surface area contributed by atoms with Gasteiger partial charge in [-0.15, -0.1) is 0 Å². The summed E-state index contributed by atoms with van der Waals surface area (Å²) in [6.45, 7) is 4.97. The van der Waals surface area contributed by atoms with Crippen LogP contribution >= 0.6 is 0 Å². The van der Waals surface area contributed by atoms with E-state index < -0.39 is 5.97 Å². The molecule has 3 fully saturated rings. The van der Waals surface area contributed by atoms with Crippen molar-refractivity contribution < 1.29 is 9.90 Å². The predicted molar refractivity (Wildman–Crippen MR) is 163 cm³/mol. The van der Waals surface area contributed by atoms with Gasteiger partial charge in [-0.2, -0.15) is 5.10 Å². The summed E-state index contributed by atoms with van der Waals surface area (Å²) in [5.74, 6) is 1.05. The second kappa shape index (κ2) is 12.9. The van der Waals surface area contributed by atoms with Crippen LogP contribution in [0.25, 0.3) is 0 Å². The van der Waals surface area contributed by atoms with E-state index in [1.165, 1.54) is 36.1 Å². The molecule has 2 aromatic carbocycles. The van der Waals surface area contributed by atoms with Gasteiger partial charge in [0, 0.05) is 50.6 Å². The number of likely N-dealkylation sites (tertiary alicyclic amines) is 2. The van der Waals surface area contributed by atoms with Gasteiger partial charge in [-0.1, -0.05) is 79.9 Å². The highest BCUT2D eigenvalue weighted by Crippen LogP contribution is 2.39. The van der Waals surface area contributed by atoms with Crippen LogP contribution in [0.2, 0.25) is 0 Å². The van der Waals surface area contributed by atoms with E-state index >= 15 is 0 Å². The standard InChI is InChI=1S/C35H46N4O2/c1-37-33(22-31(36-37)21-26-11-5-2-6-12-26)28-17-19-38(20-18-28)23-30-24-39(25-32(30)27-13-7-3-8-14-27)34(35(40)41)29-15-9-4-10-16-29/h2-3,5-8,11-14,22,28-30,32,34H,4,9-10,15-21,23-25H2,1H3,(H,40,41)/t30-,32?,34+/m0/s1. The Hall–Kier alpha value is -2.96. The lowest BCUT2D eigenvalue weighted by Gasteiger charge is -2.35. The van der Waals surface area contributed by atoms with Crippen LogP contribution < -0.4 is 0 Å². The fourth-order valence-electron chi connectivity index (χ4n) is 8.06. The number of hydrogen-bond donors (Lipinski definition) is 1. The average Bonchev–Trinajstić information content (AvgIpc) is 3.57. The Labute approximate surface area is 245 Å². The van der Waals surface area contributed by atoms with Gasteiger partial charge in [-0.25, -0.2) is 0 Å². The molecule has 41 heavy (non-hydrogen) atoms. The van der Waals surface area contributed by atoms with E-state index in [1.807, 2.05) is 0 Å². The molecule has 1 unspecified atom stereocenters. The lowest BCUT2D eigenvalue weighted by Crippen LogP contribution is -2.46. The number of nitrogens with zero attached hydrogens (tertiary/aromatic N) is 4. The van der Waals surface area contributed by atoms with E-state index in [0.29, 0.717) is 17.8 Å². The van der Waals surface area contributed by atoms with Gasteiger partial charge in [0.25, 0.3) is 0 Å². The lowest BCUT2D eigenvalue weighted by atomic mass is 9.83. The largest absolute Gasteiger partial charge is 0.480 e. The molecule has 0 spiro atoms. The van der Waals surface area contributed by atoms with E-state index in [9.17, 15) is 9.90 Å². The first-order valence-corrected chi connectivity index (χ1v) is 15.9. The summed E-state index contributed by atoms with van der Waals surface area (Å²) < 4.78 is 2.11. The van der Waals surface area contributed by atoms with Crippen molar-refractivity contribution in [2.75, 3.05) is 32.7 Å². The van der Waals surface area contributed by atoms with E-state index in [-0.39, 0.29) is 12.0 Å². The van der Waals surface area contributed by atoms with Crippen LogP contribution in [0.1, 0.15) is 79.3 Å². The Morgan fingerprint density at radius 1 is 0.927 bits per heavy atom. The second-order valence-corrected chi connectivity index (χ2v) is 12.8. The third-order valence-corrected chi connectivity index (χ3v) is 10.1. The van der Waals surface area contributed by atoms with Crippen molar-refractivity contribution in [3.63, 3.8) is 0 Å². The first kappa shape index (κ1) is 28.2. The van der Waals surface area contributed by atoms with E-state index in [0.717, 1.165) is 70.5 Å². The van der Waals surface area contributed by atoms with E-state index in [2.05, 4.69) is 88.3 Å². The molecule has 3 atom stereocenters. The number of carboxylic acid groups (broad SMARTS) is 1. The number of aliphatic carboxylic acids is 1. The number of hydrogen-bond acceptors (Lipinski definition) is 4. The number of piperidine rings is 1. The summed E-state index contributed by atoms with van der Waals surface area (Å²) in [4.78, 5) is 17.6. The Bertz CT molecular complexity index is 1260. The molecule has 0 amide bonds. The molecule has 3 aromatic rings. The molecule has 1 aliphatic carbocycles. The first-order chi connectivity index (χ1) is 20.0. The minimum Gasteiger partial charge on any atom is -0.480 e. The van der Waals surface area contributed by atoms with Crippen LogP contribution in [-0.2, 0) is 18.3 Å². The maximum atomic E-state index is 12.6. The SMILES string of the molecule is Cn1nc(Cc2ccccc2)cc1C1CCN(C[C@H]2CN([C@@H](C(=O)O)C3CCCCC3)CC2c2ccccc2)CC1. The molecule has 218 valence electrons. The van der Waals surface area contributed by atoms with Crippen molar-refractivity contribution in [3.05, 3.63) is 89.2 Å². The van der Waals surface area contributed by atoms with Crippen LogP contribution in [-0.4, -0.2) is 69.4 Å². The molecule has 2 saturated heterocycles. The Morgan fingerprint density at radius 3 is 2.29 bits per heavy atom. The molecular weight excluding hydrogens is 508 g/mol. The third kappa shape index (κ3) is 6.60. The second-order valence-electron chi connectivity index (χ2n) is 12.8. The van der Waals surface area contributed by atoms with Crippen molar-refractivity contribution in [3.8, 4) is 0 Å². The van der Waals surface area contributed by atoms with Gasteiger partial charge in [0.1, 0.15) is 6.04 Å². The average molecular weight is 555 g/mol.